The van der Waals surface area contributed by atoms with Gasteiger partial charge in [0.1, 0.15) is 0 Å². The summed E-state index contributed by atoms with van der Waals surface area (Å²) in [6, 6.07) is 19.5. The molecule has 1 atom stereocenters. The molecule has 20 heavy (non-hydrogen) atoms. The molecule has 0 amide bonds. The Bertz CT molecular complexity index is 715. The van der Waals surface area contributed by atoms with Gasteiger partial charge < -0.3 is 5.32 Å². The molecule has 0 fully saturated rings. The number of benzene rings is 2. The fourth-order valence-corrected chi connectivity index (χ4v) is 3.58. The van der Waals surface area contributed by atoms with E-state index in [-0.39, 0.29) is 0 Å². The molecule has 2 heteroatoms. The summed E-state index contributed by atoms with van der Waals surface area (Å²) in [7, 11) is 0. The van der Waals surface area contributed by atoms with E-state index in [1.165, 1.54) is 28.0 Å². The summed E-state index contributed by atoms with van der Waals surface area (Å²) < 4.78 is 0. The standard InChI is InChI=1S/C18H15NS/c20-16-11-10-15-17(12-6-2-1-3-7-12)13-8-4-5-9-14(13)18(15)19-16/h1-9,17H,10-11H2,(H,19,20). The van der Waals surface area contributed by atoms with Gasteiger partial charge in [-0.15, -0.1) is 0 Å². The fraction of sp³-hybridized carbons (Fsp3) is 0.167. The second-order valence-corrected chi connectivity index (χ2v) is 5.87. The van der Waals surface area contributed by atoms with Crippen molar-refractivity contribution in [2.45, 2.75) is 18.8 Å². The predicted octanol–water partition coefficient (Wildman–Crippen LogP) is 4.25. The first-order chi connectivity index (χ1) is 9.84. The van der Waals surface area contributed by atoms with Crippen LogP contribution in [-0.2, 0) is 0 Å². The van der Waals surface area contributed by atoms with Gasteiger partial charge in [0.2, 0.25) is 0 Å². The summed E-state index contributed by atoms with van der Waals surface area (Å²) in [5.74, 6) is 0.387. The van der Waals surface area contributed by atoms with Crippen LogP contribution in [0.3, 0.4) is 0 Å². The fourth-order valence-electron chi connectivity index (χ4n) is 3.37. The van der Waals surface area contributed by atoms with Crippen molar-refractivity contribution >= 4 is 22.9 Å². The Kier molecular flexibility index (Phi) is 2.71. The van der Waals surface area contributed by atoms with Crippen LogP contribution < -0.4 is 5.32 Å². The zero-order valence-electron chi connectivity index (χ0n) is 11.1. The monoisotopic (exact) mass is 277 g/mol. The highest BCUT2D eigenvalue weighted by Crippen LogP contribution is 2.47. The highest BCUT2D eigenvalue weighted by Gasteiger charge is 2.34. The van der Waals surface area contributed by atoms with E-state index in [2.05, 4.69) is 59.9 Å². The molecule has 2 aromatic carbocycles. The summed E-state index contributed by atoms with van der Waals surface area (Å²) >= 11 is 5.37. The van der Waals surface area contributed by atoms with Crippen molar-refractivity contribution < 1.29 is 0 Å². The number of rotatable bonds is 1. The van der Waals surface area contributed by atoms with Gasteiger partial charge in [0.05, 0.1) is 4.99 Å². The van der Waals surface area contributed by atoms with Crippen molar-refractivity contribution in [1.29, 1.82) is 0 Å². The van der Waals surface area contributed by atoms with E-state index in [0.717, 1.165) is 17.8 Å². The van der Waals surface area contributed by atoms with Crippen LogP contribution in [-0.4, -0.2) is 4.99 Å². The van der Waals surface area contributed by atoms with Crippen LogP contribution in [0.25, 0.3) is 5.70 Å². The van der Waals surface area contributed by atoms with Crippen molar-refractivity contribution in [1.82, 2.24) is 5.32 Å². The van der Waals surface area contributed by atoms with Crippen LogP contribution in [0.5, 0.6) is 0 Å². The Hall–Kier alpha value is -1.93. The molecule has 0 aromatic heterocycles. The minimum atomic E-state index is 0.387. The number of fused-ring (bicyclic) bond motifs is 2. The molecule has 0 saturated carbocycles. The van der Waals surface area contributed by atoms with Gasteiger partial charge >= 0.3 is 0 Å². The van der Waals surface area contributed by atoms with Gasteiger partial charge in [-0.25, -0.2) is 0 Å². The average Bonchev–Trinajstić information content (AvgIpc) is 2.82. The van der Waals surface area contributed by atoms with E-state index in [4.69, 9.17) is 12.2 Å². The zero-order valence-corrected chi connectivity index (χ0v) is 11.9. The zero-order chi connectivity index (χ0) is 13.5. The molecule has 0 radical (unpaired) electrons. The van der Waals surface area contributed by atoms with Crippen LogP contribution in [0.15, 0.2) is 60.2 Å². The molecule has 1 aliphatic carbocycles. The third-order valence-corrected chi connectivity index (χ3v) is 4.54. The first-order valence-corrected chi connectivity index (χ1v) is 7.42. The smallest absolute Gasteiger partial charge is 0.0800 e. The van der Waals surface area contributed by atoms with Gasteiger partial charge in [-0.2, -0.15) is 0 Å². The second kappa shape index (κ2) is 4.57. The van der Waals surface area contributed by atoms with E-state index in [0.29, 0.717) is 5.92 Å². The quantitative estimate of drug-likeness (QED) is 0.782. The Labute approximate surface area is 124 Å². The number of hydrogen-bond acceptors (Lipinski definition) is 1. The van der Waals surface area contributed by atoms with Crippen LogP contribution in [0.1, 0.15) is 35.4 Å². The molecule has 1 heterocycles. The van der Waals surface area contributed by atoms with Crippen LogP contribution in [0, 0.1) is 0 Å². The largest absolute Gasteiger partial charge is 0.350 e. The maximum Gasteiger partial charge on any atom is 0.0800 e. The van der Waals surface area contributed by atoms with Gasteiger partial charge in [-0.05, 0) is 23.1 Å². The van der Waals surface area contributed by atoms with Crippen molar-refractivity contribution in [3.8, 4) is 0 Å². The topological polar surface area (TPSA) is 12.0 Å². The normalized spacial score (nSPS) is 20.4. The summed E-state index contributed by atoms with van der Waals surface area (Å²) in [5.41, 5.74) is 6.84. The van der Waals surface area contributed by atoms with Crippen LogP contribution >= 0.6 is 12.2 Å². The molecule has 98 valence electrons. The molecule has 1 nitrogen and oxygen atoms in total. The molecule has 1 N–H and O–H groups in total. The molecule has 1 unspecified atom stereocenters. The number of hydrogen-bond donors (Lipinski definition) is 1. The average molecular weight is 277 g/mol. The predicted molar refractivity (Wildman–Crippen MR) is 86.6 cm³/mol. The summed E-state index contributed by atoms with van der Waals surface area (Å²) in [4.78, 5) is 0.965. The number of nitrogens with one attached hydrogen (secondary N) is 1. The maximum absolute atomic E-state index is 5.37. The summed E-state index contributed by atoms with van der Waals surface area (Å²) in [6.07, 6.45) is 2.03. The number of allylic oxidation sites excluding steroid dienone is 1. The molecular weight excluding hydrogens is 262 g/mol. The second-order valence-electron chi connectivity index (χ2n) is 5.38. The molecule has 4 rings (SSSR count). The first kappa shape index (κ1) is 11.9. The van der Waals surface area contributed by atoms with Gasteiger partial charge in [0.15, 0.2) is 0 Å². The Morgan fingerprint density at radius 3 is 2.50 bits per heavy atom. The van der Waals surface area contributed by atoms with E-state index < -0.39 is 0 Å². The minimum Gasteiger partial charge on any atom is -0.350 e. The molecule has 0 spiro atoms. The third kappa shape index (κ3) is 1.72. The van der Waals surface area contributed by atoms with Crippen molar-refractivity contribution in [2.24, 2.45) is 0 Å². The van der Waals surface area contributed by atoms with E-state index in [9.17, 15) is 0 Å². The lowest BCUT2D eigenvalue weighted by atomic mass is 9.86. The lowest BCUT2D eigenvalue weighted by molar-refractivity contribution is 0.854. The Morgan fingerprint density at radius 1 is 0.900 bits per heavy atom. The molecule has 0 bridgehead atoms. The van der Waals surface area contributed by atoms with Gasteiger partial charge in [-0.3, -0.25) is 0 Å². The van der Waals surface area contributed by atoms with Gasteiger partial charge in [-0.1, -0.05) is 66.8 Å². The van der Waals surface area contributed by atoms with Crippen molar-refractivity contribution in [3.05, 3.63) is 76.9 Å². The highest BCUT2D eigenvalue weighted by atomic mass is 32.1. The van der Waals surface area contributed by atoms with E-state index >= 15 is 0 Å². The van der Waals surface area contributed by atoms with E-state index in [1.807, 2.05) is 0 Å². The van der Waals surface area contributed by atoms with Gasteiger partial charge in [0, 0.05) is 23.6 Å². The maximum atomic E-state index is 5.37. The molecule has 1 aliphatic heterocycles. The van der Waals surface area contributed by atoms with Crippen LogP contribution in [0.4, 0.5) is 0 Å². The lowest BCUT2D eigenvalue weighted by Crippen LogP contribution is -2.24. The SMILES string of the molecule is S=C1CCC2=C(N1)c1ccccc1C2c1ccccc1. The van der Waals surface area contributed by atoms with Gasteiger partial charge in [0.25, 0.3) is 0 Å². The van der Waals surface area contributed by atoms with Crippen molar-refractivity contribution in [3.63, 3.8) is 0 Å². The Balaban J connectivity index is 1.92. The first-order valence-electron chi connectivity index (χ1n) is 7.02. The van der Waals surface area contributed by atoms with E-state index in [1.54, 1.807) is 0 Å². The molecule has 0 saturated heterocycles. The molecule has 2 aliphatic rings. The van der Waals surface area contributed by atoms with Crippen LogP contribution in [0.2, 0.25) is 0 Å². The summed E-state index contributed by atoms with van der Waals surface area (Å²) in [6.45, 7) is 0. The minimum absolute atomic E-state index is 0.387. The highest BCUT2D eigenvalue weighted by molar-refractivity contribution is 7.80. The lowest BCUT2D eigenvalue weighted by Gasteiger charge is -2.22. The molecular formula is C18H15NS. The number of thiocarbonyl (C=S) groups is 1. The van der Waals surface area contributed by atoms with Crippen molar-refractivity contribution in [2.75, 3.05) is 0 Å². The third-order valence-electron chi connectivity index (χ3n) is 4.23. The molecule has 2 aromatic rings. The Morgan fingerprint density at radius 2 is 1.65 bits per heavy atom. The summed E-state index contributed by atoms with van der Waals surface area (Å²) in [5, 5.41) is 3.45.